The lowest BCUT2D eigenvalue weighted by atomic mass is 9.92. The van der Waals surface area contributed by atoms with Gasteiger partial charge in [0.1, 0.15) is 5.76 Å². The molecule has 0 saturated carbocycles. The topological polar surface area (TPSA) is 58.4 Å². The fourth-order valence-electron chi connectivity index (χ4n) is 4.11. The monoisotopic (exact) mass is 339 g/mol. The molecule has 1 N–H and O–H groups in total. The Morgan fingerprint density at radius 1 is 1.28 bits per heavy atom. The molecule has 0 aromatic carbocycles. The van der Waals surface area contributed by atoms with E-state index in [9.17, 15) is 4.79 Å². The molecule has 2 atom stereocenters. The Kier molecular flexibility index (Phi) is 4.83. The van der Waals surface area contributed by atoms with Crippen molar-refractivity contribution in [3.63, 3.8) is 0 Å². The highest BCUT2D eigenvalue weighted by Crippen LogP contribution is 2.31. The van der Waals surface area contributed by atoms with Crippen LogP contribution in [0.4, 0.5) is 0 Å². The van der Waals surface area contributed by atoms with E-state index in [1.165, 1.54) is 0 Å². The number of likely N-dealkylation sites (tertiary alicyclic amines) is 1. The van der Waals surface area contributed by atoms with Crippen LogP contribution in [0.3, 0.4) is 0 Å². The summed E-state index contributed by atoms with van der Waals surface area (Å²) in [7, 11) is 0. The summed E-state index contributed by atoms with van der Waals surface area (Å²) in [4.78, 5) is 19.5. The van der Waals surface area contributed by atoms with Crippen molar-refractivity contribution in [2.24, 2.45) is 0 Å². The van der Waals surface area contributed by atoms with Gasteiger partial charge in [-0.05, 0) is 49.9 Å². The van der Waals surface area contributed by atoms with Gasteiger partial charge in [0.25, 0.3) is 0 Å². The van der Waals surface area contributed by atoms with E-state index in [4.69, 9.17) is 4.42 Å². The normalized spacial score (nSPS) is 23.8. The van der Waals surface area contributed by atoms with Gasteiger partial charge >= 0.3 is 0 Å². The Hall–Kier alpha value is -2.14. The van der Waals surface area contributed by atoms with E-state index >= 15 is 0 Å². The maximum atomic E-state index is 13.0. The molecule has 132 valence electrons. The second-order valence-electron chi connectivity index (χ2n) is 7.10. The SMILES string of the molecule is O=C(N[C@@H]1CCCc2occc21)[C@@H]1CCCCN1Cc1cccnc1. The number of rotatable bonds is 4. The molecule has 5 nitrogen and oxygen atoms in total. The number of nitrogens with one attached hydrogen (secondary N) is 1. The number of piperidine rings is 1. The number of amides is 1. The Balaban J connectivity index is 1.45. The van der Waals surface area contributed by atoms with E-state index in [2.05, 4.69) is 21.3 Å². The van der Waals surface area contributed by atoms with Gasteiger partial charge in [-0.1, -0.05) is 12.5 Å². The molecular formula is C20H25N3O2. The Labute approximate surface area is 148 Å². The summed E-state index contributed by atoms with van der Waals surface area (Å²) in [5.41, 5.74) is 2.33. The molecule has 0 bridgehead atoms. The number of aryl methyl sites for hydroxylation is 1. The van der Waals surface area contributed by atoms with Crippen LogP contribution in [0, 0.1) is 0 Å². The lowest BCUT2D eigenvalue weighted by Crippen LogP contribution is -2.50. The minimum Gasteiger partial charge on any atom is -0.469 e. The van der Waals surface area contributed by atoms with Crippen molar-refractivity contribution in [2.45, 2.75) is 57.2 Å². The molecule has 2 aliphatic rings. The first kappa shape index (κ1) is 16.3. The number of furan rings is 1. The zero-order valence-corrected chi connectivity index (χ0v) is 14.5. The summed E-state index contributed by atoms with van der Waals surface area (Å²) < 4.78 is 5.54. The van der Waals surface area contributed by atoms with Crippen molar-refractivity contribution in [3.05, 3.63) is 53.7 Å². The Bertz CT molecular complexity index is 713. The van der Waals surface area contributed by atoms with Crippen LogP contribution in [0.1, 0.15) is 55.0 Å². The third-order valence-electron chi connectivity index (χ3n) is 5.39. The fourth-order valence-corrected chi connectivity index (χ4v) is 4.11. The molecule has 1 saturated heterocycles. The smallest absolute Gasteiger partial charge is 0.237 e. The van der Waals surface area contributed by atoms with Crippen molar-refractivity contribution in [1.82, 2.24) is 15.2 Å². The molecule has 0 spiro atoms. The quantitative estimate of drug-likeness (QED) is 0.929. The van der Waals surface area contributed by atoms with Crippen LogP contribution in [0.5, 0.6) is 0 Å². The summed E-state index contributed by atoms with van der Waals surface area (Å²) in [5.74, 6) is 1.19. The average molecular weight is 339 g/mol. The molecule has 2 aromatic rings. The van der Waals surface area contributed by atoms with Crippen LogP contribution in [-0.2, 0) is 17.8 Å². The van der Waals surface area contributed by atoms with Crippen LogP contribution in [0.25, 0.3) is 0 Å². The van der Waals surface area contributed by atoms with Gasteiger partial charge in [-0.2, -0.15) is 0 Å². The standard InChI is InChI=1S/C20H25N3O2/c24-20(22-17-6-3-8-19-16(17)9-12-25-19)18-7-1-2-11-23(18)14-15-5-4-10-21-13-15/h4-5,9-10,12-13,17-18H,1-3,6-8,11,14H2,(H,22,24)/t17-,18+/m1/s1. The largest absolute Gasteiger partial charge is 0.469 e. The van der Waals surface area contributed by atoms with Gasteiger partial charge in [-0.25, -0.2) is 0 Å². The van der Waals surface area contributed by atoms with Crippen molar-refractivity contribution < 1.29 is 9.21 Å². The number of carbonyl (C=O) groups excluding carboxylic acids is 1. The van der Waals surface area contributed by atoms with E-state index in [1.54, 1.807) is 12.5 Å². The van der Waals surface area contributed by atoms with Crippen LogP contribution in [0.2, 0.25) is 0 Å². The minimum atomic E-state index is -0.0498. The van der Waals surface area contributed by atoms with E-state index in [1.807, 2.05) is 18.3 Å². The van der Waals surface area contributed by atoms with Crippen molar-refractivity contribution in [3.8, 4) is 0 Å². The van der Waals surface area contributed by atoms with Crippen molar-refractivity contribution in [1.29, 1.82) is 0 Å². The molecule has 3 heterocycles. The average Bonchev–Trinajstić information content (AvgIpc) is 3.13. The molecule has 1 aliphatic carbocycles. The van der Waals surface area contributed by atoms with Crippen LogP contribution < -0.4 is 5.32 Å². The van der Waals surface area contributed by atoms with Crippen LogP contribution in [0.15, 0.2) is 41.3 Å². The Morgan fingerprint density at radius 2 is 2.24 bits per heavy atom. The maximum absolute atomic E-state index is 13.0. The first-order valence-electron chi connectivity index (χ1n) is 9.31. The van der Waals surface area contributed by atoms with E-state index in [0.29, 0.717) is 0 Å². The highest BCUT2D eigenvalue weighted by molar-refractivity contribution is 5.82. The zero-order chi connectivity index (χ0) is 17.1. The second-order valence-corrected chi connectivity index (χ2v) is 7.10. The summed E-state index contributed by atoms with van der Waals surface area (Å²) in [6.45, 7) is 1.75. The lowest BCUT2D eigenvalue weighted by molar-refractivity contribution is -0.128. The van der Waals surface area contributed by atoms with Crippen LogP contribution >= 0.6 is 0 Å². The highest BCUT2D eigenvalue weighted by Gasteiger charge is 2.32. The fraction of sp³-hybridized carbons (Fsp3) is 0.500. The van der Waals surface area contributed by atoms with Gasteiger partial charge in [0.2, 0.25) is 5.91 Å². The number of hydrogen-bond acceptors (Lipinski definition) is 4. The predicted molar refractivity (Wildman–Crippen MR) is 94.8 cm³/mol. The van der Waals surface area contributed by atoms with Gasteiger partial charge < -0.3 is 9.73 Å². The third kappa shape index (κ3) is 3.61. The first-order chi connectivity index (χ1) is 12.3. The number of aromatic nitrogens is 1. The second kappa shape index (κ2) is 7.40. The molecule has 0 unspecified atom stereocenters. The molecule has 1 aliphatic heterocycles. The van der Waals surface area contributed by atoms with Crippen molar-refractivity contribution >= 4 is 5.91 Å². The van der Waals surface area contributed by atoms with Gasteiger partial charge in [-0.15, -0.1) is 0 Å². The first-order valence-corrected chi connectivity index (χ1v) is 9.31. The molecule has 1 fully saturated rings. The van der Waals surface area contributed by atoms with E-state index < -0.39 is 0 Å². The predicted octanol–water partition coefficient (Wildman–Crippen LogP) is 3.22. The molecular weight excluding hydrogens is 314 g/mol. The van der Waals surface area contributed by atoms with Gasteiger partial charge in [0, 0.05) is 30.9 Å². The highest BCUT2D eigenvalue weighted by atomic mass is 16.3. The summed E-state index contributed by atoms with van der Waals surface area (Å²) >= 11 is 0. The van der Waals surface area contributed by atoms with E-state index in [0.717, 1.165) is 68.5 Å². The molecule has 25 heavy (non-hydrogen) atoms. The van der Waals surface area contributed by atoms with Crippen LogP contribution in [-0.4, -0.2) is 28.4 Å². The molecule has 1 amide bonds. The molecule has 2 aromatic heterocycles. The lowest BCUT2D eigenvalue weighted by Gasteiger charge is -2.36. The Morgan fingerprint density at radius 3 is 3.12 bits per heavy atom. The van der Waals surface area contributed by atoms with E-state index in [-0.39, 0.29) is 18.0 Å². The van der Waals surface area contributed by atoms with Gasteiger partial charge in [0.15, 0.2) is 0 Å². The summed E-state index contributed by atoms with van der Waals surface area (Å²) in [6.07, 6.45) is 11.6. The zero-order valence-electron chi connectivity index (χ0n) is 14.5. The maximum Gasteiger partial charge on any atom is 0.237 e. The summed E-state index contributed by atoms with van der Waals surface area (Å²) in [5, 5.41) is 3.29. The van der Waals surface area contributed by atoms with Gasteiger partial charge in [-0.3, -0.25) is 14.7 Å². The number of fused-ring (bicyclic) bond motifs is 1. The summed E-state index contributed by atoms with van der Waals surface area (Å²) in [6, 6.07) is 6.09. The molecule has 4 rings (SSSR count). The number of nitrogens with zero attached hydrogens (tertiary/aromatic N) is 2. The van der Waals surface area contributed by atoms with Gasteiger partial charge in [0.05, 0.1) is 18.3 Å². The molecule has 5 heteroatoms. The van der Waals surface area contributed by atoms with Crippen molar-refractivity contribution in [2.75, 3.05) is 6.54 Å². The number of hydrogen-bond donors (Lipinski definition) is 1. The minimum absolute atomic E-state index is 0.0498. The number of pyridine rings is 1. The molecule has 0 radical (unpaired) electrons. The number of carbonyl (C=O) groups is 1. The third-order valence-corrected chi connectivity index (χ3v) is 5.39.